The minimum absolute atomic E-state index is 0.449. The monoisotopic (exact) mass is 280 g/mol. The van der Waals surface area contributed by atoms with Crippen molar-refractivity contribution in [3.8, 4) is 0 Å². The van der Waals surface area contributed by atoms with Crippen molar-refractivity contribution in [2.24, 2.45) is 5.92 Å². The highest BCUT2D eigenvalue weighted by molar-refractivity contribution is 6.30. The molecule has 0 aliphatic carbocycles. The van der Waals surface area contributed by atoms with Gasteiger partial charge in [0.15, 0.2) is 0 Å². The summed E-state index contributed by atoms with van der Waals surface area (Å²) in [5.41, 5.74) is 1.34. The van der Waals surface area contributed by atoms with E-state index in [2.05, 4.69) is 36.3 Å². The average Bonchev–Trinajstić information content (AvgIpc) is 2.41. The molecular formula is C16H25ClN2. The molecule has 0 saturated carbocycles. The quantitative estimate of drug-likeness (QED) is 0.884. The van der Waals surface area contributed by atoms with Gasteiger partial charge in [-0.05, 0) is 63.0 Å². The lowest BCUT2D eigenvalue weighted by molar-refractivity contribution is 0.202. The molecule has 2 nitrogen and oxygen atoms in total. The summed E-state index contributed by atoms with van der Waals surface area (Å²) in [6.45, 7) is 5.83. The van der Waals surface area contributed by atoms with Crippen LogP contribution in [0.25, 0.3) is 0 Å². The Balaban J connectivity index is 1.87. The summed E-state index contributed by atoms with van der Waals surface area (Å²) in [4.78, 5) is 2.44. The third kappa shape index (κ3) is 4.48. The van der Waals surface area contributed by atoms with Gasteiger partial charge in [-0.2, -0.15) is 0 Å². The summed E-state index contributed by atoms with van der Waals surface area (Å²) in [5, 5.41) is 4.54. The van der Waals surface area contributed by atoms with Crippen LogP contribution in [0.1, 0.15) is 37.8 Å². The number of benzene rings is 1. The van der Waals surface area contributed by atoms with Gasteiger partial charge in [0.25, 0.3) is 0 Å². The first-order valence-corrected chi connectivity index (χ1v) is 7.74. The zero-order chi connectivity index (χ0) is 13.7. The second-order valence-electron chi connectivity index (χ2n) is 5.69. The lowest BCUT2D eigenvalue weighted by atomic mass is 9.97. The lowest BCUT2D eigenvalue weighted by Crippen LogP contribution is -2.38. The van der Waals surface area contributed by atoms with Crippen LogP contribution in [0.2, 0.25) is 5.02 Å². The van der Waals surface area contributed by atoms with E-state index in [1.165, 1.54) is 31.5 Å². The van der Waals surface area contributed by atoms with E-state index >= 15 is 0 Å². The number of rotatable bonds is 5. The molecule has 2 rings (SSSR count). The van der Waals surface area contributed by atoms with E-state index in [0.29, 0.717) is 6.04 Å². The summed E-state index contributed by atoms with van der Waals surface area (Å²) < 4.78 is 0. The third-order valence-electron chi connectivity index (χ3n) is 4.06. The maximum Gasteiger partial charge on any atom is 0.0406 e. The van der Waals surface area contributed by atoms with Crippen LogP contribution in [-0.2, 0) is 0 Å². The fourth-order valence-electron chi connectivity index (χ4n) is 2.94. The predicted molar refractivity (Wildman–Crippen MR) is 82.7 cm³/mol. The fraction of sp³-hybridized carbons (Fsp3) is 0.625. The largest absolute Gasteiger partial charge is 0.310 e. The van der Waals surface area contributed by atoms with Gasteiger partial charge in [-0.1, -0.05) is 30.7 Å². The van der Waals surface area contributed by atoms with Crippen molar-refractivity contribution in [1.82, 2.24) is 10.2 Å². The summed E-state index contributed by atoms with van der Waals surface area (Å²) in [5.74, 6) is 0.792. The zero-order valence-corrected chi connectivity index (χ0v) is 12.8. The highest BCUT2D eigenvalue weighted by atomic mass is 35.5. The molecular weight excluding hydrogens is 256 g/mol. The molecule has 1 fully saturated rings. The molecule has 0 amide bonds. The Kier molecular flexibility index (Phi) is 5.68. The lowest BCUT2D eigenvalue weighted by Gasteiger charge is -2.31. The standard InChI is InChI=1S/C16H25ClN2/c1-3-16(14-6-8-15(17)9-7-14)18-11-13-5-4-10-19(2)12-13/h6-9,13,16,18H,3-5,10-12H2,1-2H3. The Bertz CT molecular complexity index is 377. The summed E-state index contributed by atoms with van der Waals surface area (Å²) in [6, 6.07) is 8.68. The van der Waals surface area contributed by atoms with E-state index in [1.807, 2.05) is 12.1 Å². The van der Waals surface area contributed by atoms with Gasteiger partial charge in [-0.3, -0.25) is 0 Å². The number of likely N-dealkylation sites (tertiary alicyclic amines) is 1. The SMILES string of the molecule is CCC(NCC1CCCN(C)C1)c1ccc(Cl)cc1. The number of hydrogen-bond donors (Lipinski definition) is 1. The first kappa shape index (κ1) is 14.8. The van der Waals surface area contributed by atoms with E-state index in [-0.39, 0.29) is 0 Å². The Morgan fingerprint density at radius 1 is 1.37 bits per heavy atom. The van der Waals surface area contributed by atoms with Crippen molar-refractivity contribution >= 4 is 11.6 Å². The van der Waals surface area contributed by atoms with Gasteiger partial charge in [0.2, 0.25) is 0 Å². The van der Waals surface area contributed by atoms with Crippen molar-refractivity contribution in [1.29, 1.82) is 0 Å². The Hall–Kier alpha value is -0.570. The van der Waals surface area contributed by atoms with Crippen LogP contribution in [0.4, 0.5) is 0 Å². The van der Waals surface area contributed by atoms with Crippen LogP contribution < -0.4 is 5.32 Å². The summed E-state index contributed by atoms with van der Waals surface area (Å²) in [7, 11) is 2.22. The van der Waals surface area contributed by atoms with Gasteiger partial charge in [0, 0.05) is 17.6 Å². The van der Waals surface area contributed by atoms with Crippen molar-refractivity contribution < 1.29 is 0 Å². The Morgan fingerprint density at radius 3 is 2.74 bits per heavy atom. The van der Waals surface area contributed by atoms with Crippen LogP contribution in [0, 0.1) is 5.92 Å². The van der Waals surface area contributed by atoms with Crippen molar-refractivity contribution in [2.75, 3.05) is 26.7 Å². The molecule has 0 spiro atoms. The number of hydrogen-bond acceptors (Lipinski definition) is 2. The molecule has 1 aliphatic rings. The molecule has 0 bridgehead atoms. The molecule has 0 aromatic heterocycles. The molecule has 1 saturated heterocycles. The molecule has 1 aliphatic heterocycles. The van der Waals surface area contributed by atoms with E-state index in [9.17, 15) is 0 Å². The molecule has 19 heavy (non-hydrogen) atoms. The normalized spacial score (nSPS) is 22.4. The van der Waals surface area contributed by atoms with Crippen LogP contribution >= 0.6 is 11.6 Å². The maximum atomic E-state index is 5.95. The molecule has 2 atom stereocenters. The van der Waals surface area contributed by atoms with Crippen LogP contribution in [-0.4, -0.2) is 31.6 Å². The fourth-order valence-corrected chi connectivity index (χ4v) is 3.07. The minimum Gasteiger partial charge on any atom is -0.310 e. The highest BCUT2D eigenvalue weighted by Crippen LogP contribution is 2.21. The molecule has 106 valence electrons. The van der Waals surface area contributed by atoms with Gasteiger partial charge in [-0.15, -0.1) is 0 Å². The number of halogens is 1. The van der Waals surface area contributed by atoms with E-state index in [4.69, 9.17) is 11.6 Å². The summed E-state index contributed by atoms with van der Waals surface area (Å²) in [6.07, 6.45) is 3.80. The van der Waals surface area contributed by atoms with E-state index < -0.39 is 0 Å². The van der Waals surface area contributed by atoms with Crippen molar-refractivity contribution in [2.45, 2.75) is 32.2 Å². The number of nitrogens with one attached hydrogen (secondary N) is 1. The number of nitrogens with zero attached hydrogens (tertiary/aromatic N) is 1. The smallest absolute Gasteiger partial charge is 0.0406 e. The third-order valence-corrected chi connectivity index (χ3v) is 4.31. The Labute approximate surface area is 122 Å². The summed E-state index contributed by atoms with van der Waals surface area (Å²) >= 11 is 5.95. The van der Waals surface area contributed by atoms with E-state index in [0.717, 1.165) is 23.9 Å². The molecule has 2 unspecified atom stereocenters. The van der Waals surface area contributed by atoms with E-state index in [1.54, 1.807) is 0 Å². The van der Waals surface area contributed by atoms with Crippen LogP contribution in [0.5, 0.6) is 0 Å². The van der Waals surface area contributed by atoms with Crippen LogP contribution in [0.3, 0.4) is 0 Å². The topological polar surface area (TPSA) is 15.3 Å². The number of piperidine rings is 1. The Morgan fingerprint density at radius 2 is 2.11 bits per heavy atom. The van der Waals surface area contributed by atoms with Gasteiger partial charge in [0.05, 0.1) is 0 Å². The average molecular weight is 281 g/mol. The van der Waals surface area contributed by atoms with Crippen molar-refractivity contribution in [3.05, 3.63) is 34.9 Å². The molecule has 1 aromatic carbocycles. The molecule has 0 radical (unpaired) electrons. The molecule has 1 heterocycles. The van der Waals surface area contributed by atoms with Gasteiger partial charge >= 0.3 is 0 Å². The van der Waals surface area contributed by atoms with Gasteiger partial charge in [-0.25, -0.2) is 0 Å². The highest BCUT2D eigenvalue weighted by Gasteiger charge is 2.18. The predicted octanol–water partition coefficient (Wildman–Crippen LogP) is 3.72. The first-order valence-electron chi connectivity index (χ1n) is 7.36. The minimum atomic E-state index is 0.449. The van der Waals surface area contributed by atoms with Gasteiger partial charge < -0.3 is 10.2 Å². The maximum absolute atomic E-state index is 5.95. The molecule has 1 N–H and O–H groups in total. The molecule has 1 aromatic rings. The molecule has 3 heteroatoms. The van der Waals surface area contributed by atoms with Crippen LogP contribution in [0.15, 0.2) is 24.3 Å². The first-order chi connectivity index (χ1) is 9.19. The second kappa shape index (κ2) is 7.28. The zero-order valence-electron chi connectivity index (χ0n) is 12.0. The second-order valence-corrected chi connectivity index (χ2v) is 6.13. The van der Waals surface area contributed by atoms with Gasteiger partial charge in [0.1, 0.15) is 0 Å². The van der Waals surface area contributed by atoms with Crippen molar-refractivity contribution in [3.63, 3.8) is 0 Å².